The smallest absolute Gasteiger partial charge is 0.691 e. The van der Waals surface area contributed by atoms with E-state index in [0.717, 1.165) is 0 Å². The zero-order chi connectivity index (χ0) is 13.6. The second-order valence-electron chi connectivity index (χ2n) is 3.11. The minimum Gasteiger partial charge on any atom is -0.691 e. The van der Waals surface area contributed by atoms with E-state index in [1.807, 2.05) is 0 Å². The monoisotopic (exact) mass is 336 g/mol. The van der Waals surface area contributed by atoms with Crippen molar-refractivity contribution < 1.29 is 56.8 Å². The summed E-state index contributed by atoms with van der Waals surface area (Å²) in [7, 11) is -3.82. The summed E-state index contributed by atoms with van der Waals surface area (Å²) in [6.45, 7) is 1.51. The molecule has 0 aliphatic heterocycles. The molecular weight excluding hydrogens is 327 g/mol. The van der Waals surface area contributed by atoms with Gasteiger partial charge in [0.05, 0.1) is 23.5 Å². The van der Waals surface area contributed by atoms with E-state index in [9.17, 15) is 13.7 Å². The average molecular weight is 337 g/mol. The fourth-order valence-corrected chi connectivity index (χ4v) is 2.95. The van der Waals surface area contributed by atoms with Crippen LogP contribution in [-0.2, 0) is 23.7 Å². The Labute approximate surface area is 142 Å². The molecule has 0 N–H and O–H groups in total. The Bertz CT molecular complexity index is 495. The van der Waals surface area contributed by atoms with Gasteiger partial charge in [-0.2, -0.15) is 12.8 Å². The molecule has 1 rings (SSSR count). The molecule has 0 bridgehead atoms. The van der Waals surface area contributed by atoms with Crippen LogP contribution in [0.15, 0.2) is 28.0 Å². The topological polar surface area (TPSA) is 84.9 Å². The van der Waals surface area contributed by atoms with Crippen LogP contribution < -0.4 is 34.8 Å². The molecule has 1 aromatic rings. The molecule has 0 saturated heterocycles. The van der Waals surface area contributed by atoms with Gasteiger partial charge in [0, 0.05) is 10.8 Å². The number of alkyl halides is 1. The summed E-state index contributed by atoms with van der Waals surface area (Å²) < 4.78 is 32.3. The average Bonchev–Trinajstić information content (AvgIpc) is 2.33. The SMILES string of the molecule is Cc1cc(SOO[O-])ccc1S(=O)(=O)OCCCl.[Na+]. The van der Waals surface area contributed by atoms with Gasteiger partial charge in [-0.1, -0.05) is 0 Å². The third-order valence-electron chi connectivity index (χ3n) is 1.89. The van der Waals surface area contributed by atoms with Crippen molar-refractivity contribution in [2.75, 3.05) is 12.5 Å². The first-order chi connectivity index (χ1) is 8.51. The Morgan fingerprint density at radius 2 is 2.11 bits per heavy atom. The van der Waals surface area contributed by atoms with Crippen molar-refractivity contribution in [2.45, 2.75) is 16.7 Å². The maximum Gasteiger partial charge on any atom is 1.00 e. The van der Waals surface area contributed by atoms with Crippen LogP contribution in [0.1, 0.15) is 5.56 Å². The molecule has 0 aliphatic carbocycles. The molecule has 0 atom stereocenters. The number of halogens is 1. The van der Waals surface area contributed by atoms with Crippen LogP contribution >= 0.6 is 23.6 Å². The standard InChI is InChI=1S/C9H11ClO6S2.Na/c1-7-6-8(17-16-15-11)2-3-9(7)18(12,13)14-5-4-10;/h2-3,6,11H,4-5H2,1H3;/q;+1/p-1. The van der Waals surface area contributed by atoms with E-state index >= 15 is 0 Å². The maximum absolute atomic E-state index is 11.7. The Balaban J connectivity index is 0.00000324. The van der Waals surface area contributed by atoms with Gasteiger partial charge in [0.2, 0.25) is 0 Å². The normalized spacial score (nSPS) is 11.1. The Kier molecular flexibility index (Phi) is 9.89. The summed E-state index contributed by atoms with van der Waals surface area (Å²) in [5.41, 5.74) is 0.462. The van der Waals surface area contributed by atoms with Crippen LogP contribution in [0.5, 0.6) is 0 Å². The fourth-order valence-electron chi connectivity index (χ4n) is 1.21. The zero-order valence-corrected chi connectivity index (χ0v) is 14.7. The molecule has 102 valence electrons. The van der Waals surface area contributed by atoms with Gasteiger partial charge in [-0.25, -0.2) is 0 Å². The molecule has 0 unspecified atom stereocenters. The molecule has 0 aliphatic rings. The number of benzene rings is 1. The van der Waals surface area contributed by atoms with Crippen molar-refractivity contribution in [3.8, 4) is 0 Å². The fraction of sp³-hybridized carbons (Fsp3) is 0.333. The first kappa shape index (κ1) is 19.7. The van der Waals surface area contributed by atoms with Crippen LogP contribution in [0.25, 0.3) is 0 Å². The minimum absolute atomic E-state index is 0. The summed E-state index contributed by atoms with van der Waals surface area (Å²) in [6.07, 6.45) is 0. The van der Waals surface area contributed by atoms with E-state index in [1.54, 1.807) is 6.92 Å². The van der Waals surface area contributed by atoms with E-state index in [4.69, 9.17) is 15.8 Å². The molecule has 1 aromatic carbocycles. The molecule has 0 heterocycles. The Morgan fingerprint density at radius 3 is 2.63 bits per heavy atom. The number of rotatable bonds is 7. The summed E-state index contributed by atoms with van der Waals surface area (Å²) in [4.78, 5) is 0.569. The third-order valence-corrected chi connectivity index (χ3v) is 4.09. The van der Waals surface area contributed by atoms with Crippen molar-refractivity contribution in [3.63, 3.8) is 0 Å². The number of hydrogen-bond donors (Lipinski definition) is 0. The Morgan fingerprint density at radius 1 is 1.42 bits per heavy atom. The van der Waals surface area contributed by atoms with E-state index in [1.165, 1.54) is 18.2 Å². The van der Waals surface area contributed by atoms with Crippen LogP contribution in [0.3, 0.4) is 0 Å². The summed E-state index contributed by atoms with van der Waals surface area (Å²) in [6, 6.07) is 4.35. The van der Waals surface area contributed by atoms with Crippen LogP contribution in [0.4, 0.5) is 0 Å². The van der Waals surface area contributed by atoms with Gasteiger partial charge in [0.1, 0.15) is 0 Å². The van der Waals surface area contributed by atoms with Crippen molar-refractivity contribution in [1.82, 2.24) is 0 Å². The molecule has 0 fully saturated rings. The van der Waals surface area contributed by atoms with Crippen molar-refractivity contribution in [2.24, 2.45) is 0 Å². The van der Waals surface area contributed by atoms with Gasteiger partial charge in [-0.15, -0.1) is 11.6 Å². The molecule has 0 aromatic heterocycles. The first-order valence-electron chi connectivity index (χ1n) is 4.70. The summed E-state index contributed by atoms with van der Waals surface area (Å²) in [5.74, 6) is 0.0842. The second kappa shape index (κ2) is 9.56. The number of aryl methyl sites for hydroxylation is 1. The molecule has 0 saturated carbocycles. The largest absolute Gasteiger partial charge is 1.00 e. The van der Waals surface area contributed by atoms with Crippen LogP contribution in [-0.4, -0.2) is 20.9 Å². The summed E-state index contributed by atoms with van der Waals surface area (Å²) in [5, 5.41) is 12.9. The van der Waals surface area contributed by atoms with Gasteiger partial charge in [-0.3, -0.25) is 9.22 Å². The van der Waals surface area contributed by atoms with E-state index < -0.39 is 10.1 Å². The van der Waals surface area contributed by atoms with Gasteiger partial charge >= 0.3 is 29.6 Å². The minimum atomic E-state index is -3.82. The van der Waals surface area contributed by atoms with Gasteiger partial charge in [0.15, 0.2) is 0 Å². The third kappa shape index (κ3) is 6.30. The Hall–Kier alpha value is 0.650. The molecule has 0 amide bonds. The van der Waals surface area contributed by atoms with Crippen LogP contribution in [0.2, 0.25) is 0 Å². The molecule has 6 nitrogen and oxygen atoms in total. The maximum atomic E-state index is 11.7. The van der Waals surface area contributed by atoms with Gasteiger partial charge in [-0.05, 0) is 30.7 Å². The van der Waals surface area contributed by atoms with Crippen LogP contribution in [0, 0.1) is 6.92 Å². The molecular formula is C9H10ClNaO6S2. The van der Waals surface area contributed by atoms with E-state index in [-0.39, 0.29) is 46.9 Å². The second-order valence-corrected chi connectivity index (χ2v) is 5.85. The molecule has 0 radical (unpaired) electrons. The van der Waals surface area contributed by atoms with Gasteiger partial charge in [0.25, 0.3) is 10.1 Å². The molecule has 19 heavy (non-hydrogen) atoms. The zero-order valence-electron chi connectivity index (χ0n) is 10.3. The first-order valence-corrected chi connectivity index (χ1v) is 7.39. The van der Waals surface area contributed by atoms with Gasteiger partial charge < -0.3 is 5.26 Å². The predicted molar refractivity (Wildman–Crippen MR) is 63.1 cm³/mol. The quantitative estimate of drug-likeness (QED) is 0.145. The predicted octanol–water partition coefficient (Wildman–Crippen LogP) is -1.83. The number of hydrogen-bond acceptors (Lipinski definition) is 7. The van der Waals surface area contributed by atoms with E-state index in [0.29, 0.717) is 22.5 Å². The van der Waals surface area contributed by atoms with E-state index in [2.05, 4.69) is 9.37 Å². The van der Waals surface area contributed by atoms with Crippen molar-refractivity contribution >= 4 is 33.8 Å². The molecule has 10 heteroatoms. The summed E-state index contributed by atoms with van der Waals surface area (Å²) >= 11 is 6.04. The van der Waals surface area contributed by atoms with Crippen molar-refractivity contribution in [1.29, 1.82) is 0 Å². The van der Waals surface area contributed by atoms with Crippen molar-refractivity contribution in [3.05, 3.63) is 23.8 Å². The molecule has 0 spiro atoms.